The lowest BCUT2D eigenvalue weighted by atomic mass is 10.1. The van der Waals surface area contributed by atoms with Gasteiger partial charge in [0.1, 0.15) is 6.04 Å². The van der Waals surface area contributed by atoms with Crippen LogP contribution in [0.1, 0.15) is 37.7 Å². The molecule has 2 aliphatic rings. The third kappa shape index (κ3) is 2.71. The molecule has 1 atom stereocenters. The number of nitrogens with one attached hydrogen (secondary N) is 1. The summed E-state index contributed by atoms with van der Waals surface area (Å²) in [5.41, 5.74) is 1.96. The van der Waals surface area contributed by atoms with Crippen molar-refractivity contribution < 1.29 is 9.59 Å². The van der Waals surface area contributed by atoms with Gasteiger partial charge in [0.05, 0.1) is 6.42 Å². The summed E-state index contributed by atoms with van der Waals surface area (Å²) in [6.45, 7) is 1.99. The highest BCUT2D eigenvalue weighted by molar-refractivity contribution is 9.10. The van der Waals surface area contributed by atoms with Crippen LogP contribution in [-0.2, 0) is 9.59 Å². The van der Waals surface area contributed by atoms with Crippen LogP contribution in [0.25, 0.3) is 0 Å². The minimum atomic E-state index is -0.425. The van der Waals surface area contributed by atoms with Gasteiger partial charge < -0.3 is 5.32 Å². The minimum absolute atomic E-state index is 0.0305. The Bertz CT molecular complexity index is 582. The maximum absolute atomic E-state index is 12.5. The number of carbonyl (C=O) groups excluding carboxylic acids is 2. The monoisotopic (exact) mass is 350 g/mol. The van der Waals surface area contributed by atoms with E-state index in [-0.39, 0.29) is 24.3 Å². The highest BCUT2D eigenvalue weighted by atomic mass is 79.9. The molecule has 1 unspecified atom stereocenters. The molecule has 1 aliphatic carbocycles. The van der Waals surface area contributed by atoms with Crippen LogP contribution in [0.2, 0.25) is 0 Å². The van der Waals surface area contributed by atoms with Gasteiger partial charge in [0.15, 0.2) is 0 Å². The molecule has 5 heteroatoms. The summed E-state index contributed by atoms with van der Waals surface area (Å²) in [6.07, 6.45) is 4.41. The van der Waals surface area contributed by atoms with Crippen molar-refractivity contribution in [3.63, 3.8) is 0 Å². The van der Waals surface area contributed by atoms with Crippen molar-refractivity contribution in [3.8, 4) is 0 Å². The third-order valence-electron chi connectivity index (χ3n) is 4.47. The largest absolute Gasteiger partial charge is 0.373 e. The highest BCUT2D eigenvalue weighted by Crippen LogP contribution is 2.30. The predicted octanol–water partition coefficient (Wildman–Crippen LogP) is 3.24. The van der Waals surface area contributed by atoms with Crippen LogP contribution in [0.5, 0.6) is 0 Å². The molecule has 1 aromatic carbocycles. The van der Waals surface area contributed by atoms with Gasteiger partial charge in [-0.05, 0) is 37.5 Å². The average molecular weight is 351 g/mol. The molecule has 0 spiro atoms. The topological polar surface area (TPSA) is 49.4 Å². The Morgan fingerprint density at radius 1 is 1.24 bits per heavy atom. The number of amides is 2. The highest BCUT2D eigenvalue weighted by Gasteiger charge is 2.43. The van der Waals surface area contributed by atoms with E-state index in [1.807, 2.05) is 25.1 Å². The van der Waals surface area contributed by atoms with Crippen LogP contribution in [0.15, 0.2) is 22.7 Å². The SMILES string of the molecule is Cc1c(Br)cccc1NC1CC(=O)N(C2CCCC2)C1=O. The second-order valence-corrected chi connectivity index (χ2v) is 6.71. The summed E-state index contributed by atoms with van der Waals surface area (Å²) in [5.74, 6) is -0.0941. The number of nitrogens with zero attached hydrogens (tertiary/aromatic N) is 1. The summed E-state index contributed by atoms with van der Waals surface area (Å²) in [5, 5.41) is 3.24. The fourth-order valence-electron chi connectivity index (χ4n) is 3.26. The maximum Gasteiger partial charge on any atom is 0.252 e. The first-order chi connectivity index (χ1) is 10.1. The minimum Gasteiger partial charge on any atom is -0.373 e. The van der Waals surface area contributed by atoms with Crippen LogP contribution < -0.4 is 5.32 Å². The predicted molar refractivity (Wildman–Crippen MR) is 85.0 cm³/mol. The Morgan fingerprint density at radius 3 is 2.67 bits per heavy atom. The quantitative estimate of drug-likeness (QED) is 0.851. The van der Waals surface area contributed by atoms with Gasteiger partial charge in [0, 0.05) is 16.2 Å². The summed E-state index contributed by atoms with van der Waals surface area (Å²) >= 11 is 3.49. The van der Waals surface area contributed by atoms with Gasteiger partial charge in [0.2, 0.25) is 5.91 Å². The van der Waals surface area contributed by atoms with E-state index in [0.717, 1.165) is 41.4 Å². The van der Waals surface area contributed by atoms with Gasteiger partial charge in [-0.25, -0.2) is 0 Å². The van der Waals surface area contributed by atoms with Crippen molar-refractivity contribution >= 4 is 33.4 Å². The lowest BCUT2D eigenvalue weighted by molar-refractivity contribution is -0.141. The standard InChI is InChI=1S/C16H19BrN2O2/c1-10-12(17)7-4-8-13(10)18-14-9-15(20)19(16(14)21)11-5-2-3-6-11/h4,7-8,11,14,18H,2-3,5-6,9H2,1H3. The summed E-state index contributed by atoms with van der Waals surface area (Å²) in [7, 11) is 0. The van der Waals surface area contributed by atoms with E-state index >= 15 is 0 Å². The zero-order chi connectivity index (χ0) is 15.0. The first-order valence-electron chi connectivity index (χ1n) is 7.45. The fraction of sp³-hybridized carbons (Fsp3) is 0.500. The molecule has 2 amide bonds. The number of carbonyl (C=O) groups is 2. The fourth-order valence-corrected chi connectivity index (χ4v) is 3.63. The number of hydrogen-bond acceptors (Lipinski definition) is 3. The molecular weight excluding hydrogens is 332 g/mol. The Kier molecular flexibility index (Phi) is 4.02. The Hall–Kier alpha value is -1.36. The molecule has 0 bridgehead atoms. The van der Waals surface area contributed by atoms with Crippen molar-refractivity contribution in [3.05, 3.63) is 28.2 Å². The summed E-state index contributed by atoms with van der Waals surface area (Å²) < 4.78 is 0.997. The number of likely N-dealkylation sites (tertiary alicyclic amines) is 1. The summed E-state index contributed by atoms with van der Waals surface area (Å²) in [6, 6.07) is 5.53. The van der Waals surface area contributed by atoms with Gasteiger partial charge in [0.25, 0.3) is 5.91 Å². The van der Waals surface area contributed by atoms with Crippen LogP contribution >= 0.6 is 15.9 Å². The molecule has 21 heavy (non-hydrogen) atoms. The maximum atomic E-state index is 12.5. The second-order valence-electron chi connectivity index (χ2n) is 5.85. The second kappa shape index (κ2) is 5.79. The smallest absolute Gasteiger partial charge is 0.252 e. The molecule has 4 nitrogen and oxygen atoms in total. The van der Waals surface area contributed by atoms with E-state index < -0.39 is 6.04 Å². The first kappa shape index (κ1) is 14.6. The van der Waals surface area contributed by atoms with Gasteiger partial charge in [-0.3, -0.25) is 14.5 Å². The van der Waals surface area contributed by atoms with Crippen molar-refractivity contribution in [1.82, 2.24) is 4.90 Å². The Balaban J connectivity index is 1.76. The number of anilines is 1. The molecule has 3 rings (SSSR count). The lowest BCUT2D eigenvalue weighted by Crippen LogP contribution is -2.41. The van der Waals surface area contributed by atoms with Crippen LogP contribution in [-0.4, -0.2) is 28.8 Å². The third-order valence-corrected chi connectivity index (χ3v) is 5.33. The molecule has 1 saturated carbocycles. The number of hydrogen-bond donors (Lipinski definition) is 1. The molecule has 1 heterocycles. The number of halogens is 1. The zero-order valence-corrected chi connectivity index (χ0v) is 13.6. The zero-order valence-electron chi connectivity index (χ0n) is 12.1. The first-order valence-corrected chi connectivity index (χ1v) is 8.25. The van der Waals surface area contributed by atoms with Gasteiger partial charge in [-0.15, -0.1) is 0 Å². The van der Waals surface area contributed by atoms with Crippen LogP contribution in [0.3, 0.4) is 0 Å². The van der Waals surface area contributed by atoms with Crippen molar-refractivity contribution in [2.24, 2.45) is 0 Å². The van der Waals surface area contributed by atoms with Gasteiger partial charge in [-0.1, -0.05) is 34.8 Å². The number of rotatable bonds is 3. The van der Waals surface area contributed by atoms with E-state index in [2.05, 4.69) is 21.2 Å². The van der Waals surface area contributed by atoms with E-state index in [4.69, 9.17) is 0 Å². The Morgan fingerprint density at radius 2 is 1.95 bits per heavy atom. The molecular formula is C16H19BrN2O2. The molecule has 112 valence electrons. The normalized spacial score (nSPS) is 23.1. The van der Waals surface area contributed by atoms with Crippen molar-refractivity contribution in [2.45, 2.75) is 51.1 Å². The van der Waals surface area contributed by atoms with Crippen LogP contribution in [0.4, 0.5) is 5.69 Å². The van der Waals surface area contributed by atoms with Gasteiger partial charge in [-0.2, -0.15) is 0 Å². The molecule has 1 N–H and O–H groups in total. The Labute approximate surface area is 133 Å². The average Bonchev–Trinajstić information content (AvgIpc) is 3.04. The van der Waals surface area contributed by atoms with Crippen molar-refractivity contribution in [2.75, 3.05) is 5.32 Å². The number of benzene rings is 1. The van der Waals surface area contributed by atoms with E-state index in [0.29, 0.717) is 0 Å². The molecule has 0 radical (unpaired) electrons. The van der Waals surface area contributed by atoms with Crippen molar-refractivity contribution in [1.29, 1.82) is 0 Å². The number of imide groups is 1. The molecule has 0 aromatic heterocycles. The lowest BCUT2D eigenvalue weighted by Gasteiger charge is -2.22. The molecule has 1 aliphatic heterocycles. The van der Waals surface area contributed by atoms with E-state index in [1.165, 1.54) is 4.90 Å². The van der Waals surface area contributed by atoms with E-state index in [9.17, 15) is 9.59 Å². The molecule has 2 fully saturated rings. The van der Waals surface area contributed by atoms with Gasteiger partial charge >= 0.3 is 0 Å². The molecule has 1 aromatic rings. The van der Waals surface area contributed by atoms with Crippen LogP contribution in [0, 0.1) is 6.92 Å². The molecule has 1 saturated heterocycles. The van der Waals surface area contributed by atoms with E-state index in [1.54, 1.807) is 0 Å². The summed E-state index contributed by atoms with van der Waals surface area (Å²) in [4.78, 5) is 26.2.